The van der Waals surface area contributed by atoms with Gasteiger partial charge in [-0.2, -0.15) is 0 Å². The highest BCUT2D eigenvalue weighted by Crippen LogP contribution is 2.25. The zero-order chi connectivity index (χ0) is 26.6. The first-order valence-electron chi connectivity index (χ1n) is 13.0. The van der Waals surface area contributed by atoms with Crippen molar-refractivity contribution in [1.82, 2.24) is 15.5 Å². The van der Waals surface area contributed by atoms with Crippen LogP contribution in [0.25, 0.3) is 0 Å². The van der Waals surface area contributed by atoms with Gasteiger partial charge in [-0.3, -0.25) is 9.59 Å². The Bertz CT molecular complexity index is 830. The molecule has 3 amide bonds. The van der Waals surface area contributed by atoms with Crippen LogP contribution < -0.4 is 10.6 Å². The summed E-state index contributed by atoms with van der Waals surface area (Å²) in [7, 11) is 0. The highest BCUT2D eigenvalue weighted by atomic mass is 16.6. The van der Waals surface area contributed by atoms with Crippen LogP contribution in [-0.2, 0) is 14.3 Å². The van der Waals surface area contributed by atoms with Gasteiger partial charge in [-0.15, -0.1) is 0 Å². The molecule has 1 aromatic carbocycles. The predicted molar refractivity (Wildman–Crippen MR) is 141 cm³/mol. The second-order valence-corrected chi connectivity index (χ2v) is 10.6. The van der Waals surface area contributed by atoms with Crippen LogP contribution in [0.1, 0.15) is 103 Å². The third kappa shape index (κ3) is 11.6. The second-order valence-electron chi connectivity index (χ2n) is 10.6. The van der Waals surface area contributed by atoms with Crippen LogP contribution in [0, 0.1) is 13.8 Å². The summed E-state index contributed by atoms with van der Waals surface area (Å²) >= 11 is 0. The smallest absolute Gasteiger partial charge is 0.408 e. The quantitative estimate of drug-likeness (QED) is 0.354. The van der Waals surface area contributed by atoms with Gasteiger partial charge in [0.1, 0.15) is 18.2 Å². The molecule has 0 bridgehead atoms. The van der Waals surface area contributed by atoms with Gasteiger partial charge in [0.05, 0.1) is 0 Å². The number of rotatable bonds is 13. The van der Waals surface area contributed by atoms with Gasteiger partial charge in [0.2, 0.25) is 11.8 Å². The van der Waals surface area contributed by atoms with E-state index in [0.717, 1.165) is 36.0 Å². The van der Waals surface area contributed by atoms with E-state index in [0.29, 0.717) is 6.54 Å². The van der Waals surface area contributed by atoms with Crippen molar-refractivity contribution in [3.8, 4) is 0 Å². The number of alkyl carbamates (subject to hydrolysis) is 1. The average Bonchev–Trinajstić information content (AvgIpc) is 2.74. The van der Waals surface area contributed by atoms with E-state index < -0.39 is 17.7 Å². The lowest BCUT2D eigenvalue weighted by Crippen LogP contribution is -2.49. The van der Waals surface area contributed by atoms with E-state index in [1.54, 1.807) is 25.7 Å². The molecule has 0 spiro atoms. The van der Waals surface area contributed by atoms with E-state index in [4.69, 9.17) is 4.74 Å². The minimum Gasteiger partial charge on any atom is -0.444 e. The highest BCUT2D eigenvalue weighted by Gasteiger charge is 2.32. The van der Waals surface area contributed by atoms with Gasteiger partial charge in [-0.1, -0.05) is 57.2 Å². The van der Waals surface area contributed by atoms with Crippen LogP contribution in [0.4, 0.5) is 4.79 Å². The summed E-state index contributed by atoms with van der Waals surface area (Å²) in [6, 6.07) is 5.02. The fraction of sp³-hybridized carbons (Fsp3) is 0.679. The molecule has 0 aliphatic rings. The molecule has 0 heterocycles. The topological polar surface area (TPSA) is 87.7 Å². The molecular weight excluding hydrogens is 442 g/mol. The minimum absolute atomic E-state index is 0.0672. The molecule has 0 radical (unpaired) electrons. The number of nitrogens with zero attached hydrogens (tertiary/aromatic N) is 1. The van der Waals surface area contributed by atoms with E-state index in [-0.39, 0.29) is 24.4 Å². The summed E-state index contributed by atoms with van der Waals surface area (Å²) in [4.78, 5) is 40.6. The summed E-state index contributed by atoms with van der Waals surface area (Å²) in [6.07, 6.45) is 5.75. The molecule has 2 N–H and O–H groups in total. The average molecular weight is 490 g/mol. The van der Waals surface area contributed by atoms with Gasteiger partial charge in [-0.25, -0.2) is 4.79 Å². The van der Waals surface area contributed by atoms with E-state index >= 15 is 0 Å². The van der Waals surface area contributed by atoms with Crippen molar-refractivity contribution in [2.24, 2.45) is 0 Å². The number of amides is 3. The lowest BCUT2D eigenvalue weighted by molar-refractivity contribution is -0.140. The minimum atomic E-state index is -0.778. The van der Waals surface area contributed by atoms with Crippen molar-refractivity contribution in [2.75, 3.05) is 13.1 Å². The number of unbranched alkanes of at least 4 members (excludes halogenated alkanes) is 5. The van der Waals surface area contributed by atoms with Crippen LogP contribution in [0.3, 0.4) is 0 Å². The van der Waals surface area contributed by atoms with Gasteiger partial charge >= 0.3 is 6.09 Å². The monoisotopic (exact) mass is 489 g/mol. The molecule has 0 aliphatic carbocycles. The van der Waals surface area contributed by atoms with Crippen molar-refractivity contribution in [3.63, 3.8) is 0 Å². The van der Waals surface area contributed by atoms with E-state index in [9.17, 15) is 14.4 Å². The zero-order valence-electron chi connectivity index (χ0n) is 23.1. The van der Waals surface area contributed by atoms with Gasteiger partial charge in [-0.05, 0) is 71.6 Å². The molecule has 1 rings (SSSR count). The SMILES string of the molecule is CCCCCCCCN(C(=O)CNC(=O)OC(C)(C)C)C(C(=O)NC(C)C)c1ccc(C)c(C)c1. The van der Waals surface area contributed by atoms with Gasteiger partial charge in [0.15, 0.2) is 0 Å². The molecule has 0 fully saturated rings. The number of hydrogen-bond acceptors (Lipinski definition) is 4. The van der Waals surface area contributed by atoms with Crippen LogP contribution in [0.15, 0.2) is 18.2 Å². The fourth-order valence-corrected chi connectivity index (χ4v) is 3.79. The Hall–Kier alpha value is -2.57. The highest BCUT2D eigenvalue weighted by molar-refractivity contribution is 5.90. The maximum absolute atomic E-state index is 13.4. The molecule has 35 heavy (non-hydrogen) atoms. The van der Waals surface area contributed by atoms with Crippen molar-refractivity contribution >= 4 is 17.9 Å². The van der Waals surface area contributed by atoms with E-state index in [1.165, 1.54) is 19.3 Å². The Morgan fingerprint density at radius 2 is 1.60 bits per heavy atom. The van der Waals surface area contributed by atoms with Gasteiger partial charge in [0, 0.05) is 12.6 Å². The second kappa shape index (κ2) is 14.7. The molecule has 1 atom stereocenters. The molecule has 7 heteroatoms. The number of carbonyl (C=O) groups excluding carboxylic acids is 3. The first kappa shape index (κ1) is 30.5. The number of benzene rings is 1. The molecular formula is C28H47N3O4. The van der Waals surface area contributed by atoms with E-state index in [1.807, 2.05) is 45.9 Å². The largest absolute Gasteiger partial charge is 0.444 e. The third-order valence-corrected chi connectivity index (χ3v) is 5.69. The molecule has 0 aliphatic heterocycles. The maximum Gasteiger partial charge on any atom is 0.408 e. The first-order valence-corrected chi connectivity index (χ1v) is 13.0. The normalized spacial score (nSPS) is 12.3. The molecule has 0 aromatic heterocycles. The van der Waals surface area contributed by atoms with Crippen LogP contribution >= 0.6 is 0 Å². The van der Waals surface area contributed by atoms with Crippen molar-refractivity contribution in [3.05, 3.63) is 34.9 Å². The van der Waals surface area contributed by atoms with Crippen molar-refractivity contribution in [1.29, 1.82) is 0 Å². The van der Waals surface area contributed by atoms with Crippen LogP contribution in [0.2, 0.25) is 0 Å². The van der Waals surface area contributed by atoms with Gasteiger partial charge < -0.3 is 20.3 Å². The molecule has 7 nitrogen and oxygen atoms in total. The summed E-state index contributed by atoms with van der Waals surface area (Å²) in [5, 5.41) is 5.54. The molecule has 1 unspecified atom stereocenters. The van der Waals surface area contributed by atoms with E-state index in [2.05, 4.69) is 17.6 Å². The molecule has 0 saturated heterocycles. The lowest BCUT2D eigenvalue weighted by Gasteiger charge is -2.32. The fourth-order valence-electron chi connectivity index (χ4n) is 3.79. The molecule has 0 saturated carbocycles. The van der Waals surface area contributed by atoms with Crippen molar-refractivity contribution < 1.29 is 19.1 Å². The number of nitrogens with one attached hydrogen (secondary N) is 2. The summed E-state index contributed by atoms with van der Waals surface area (Å²) in [5.41, 5.74) is 2.29. The zero-order valence-corrected chi connectivity index (χ0v) is 23.1. The van der Waals surface area contributed by atoms with Crippen LogP contribution in [0.5, 0.6) is 0 Å². The third-order valence-electron chi connectivity index (χ3n) is 5.69. The molecule has 1 aromatic rings. The summed E-state index contributed by atoms with van der Waals surface area (Å²) in [5.74, 6) is -0.536. The number of carbonyl (C=O) groups is 3. The summed E-state index contributed by atoms with van der Waals surface area (Å²) < 4.78 is 5.28. The first-order chi connectivity index (χ1) is 16.4. The Morgan fingerprint density at radius 3 is 2.17 bits per heavy atom. The Labute approximate surface area is 212 Å². The van der Waals surface area contributed by atoms with Gasteiger partial charge in [0.25, 0.3) is 0 Å². The standard InChI is InChI=1S/C28H47N3O4/c1-9-10-11-12-13-14-17-31(24(32)19-29-27(34)35-28(6,7)8)25(26(33)30-20(2)3)23-16-15-21(4)22(5)18-23/h15-16,18,20,25H,9-14,17,19H2,1-8H3,(H,29,34)(H,30,33). The number of hydrogen-bond donors (Lipinski definition) is 2. The lowest BCUT2D eigenvalue weighted by atomic mass is 9.98. The number of ether oxygens (including phenoxy) is 1. The summed E-state index contributed by atoms with van der Waals surface area (Å²) in [6.45, 7) is 15.5. The Balaban J connectivity index is 3.18. The van der Waals surface area contributed by atoms with Crippen molar-refractivity contribution in [2.45, 2.75) is 112 Å². The Morgan fingerprint density at radius 1 is 0.971 bits per heavy atom. The predicted octanol–water partition coefficient (Wildman–Crippen LogP) is 5.58. The van der Waals surface area contributed by atoms with Crippen LogP contribution in [-0.4, -0.2) is 47.5 Å². The number of aryl methyl sites for hydroxylation is 2. The molecule has 198 valence electrons. The maximum atomic E-state index is 13.4. The Kier molecular flexibility index (Phi) is 12.8.